The number of nitrogens with two attached hydrogens (primary N) is 1. The predicted octanol–water partition coefficient (Wildman–Crippen LogP) is 3.18. The second-order valence-electron chi connectivity index (χ2n) is 6.65. The molecule has 1 aromatic heterocycles. The molecule has 1 heterocycles. The van der Waals surface area contributed by atoms with E-state index in [4.69, 9.17) is 5.73 Å². The third-order valence-electron chi connectivity index (χ3n) is 4.86. The summed E-state index contributed by atoms with van der Waals surface area (Å²) in [5.74, 6) is 0.463. The zero-order valence-electron chi connectivity index (χ0n) is 15.3. The molecule has 1 fully saturated rings. The maximum Gasteiger partial charge on any atom is 0.239 e. The average Bonchev–Trinajstić information content (AvgIpc) is 3.10. The van der Waals surface area contributed by atoms with Gasteiger partial charge in [-0.3, -0.25) is 9.78 Å². The molecule has 7 heteroatoms. The lowest BCUT2D eigenvalue weighted by Crippen LogP contribution is -2.44. The third kappa shape index (κ3) is 6.69. The normalized spacial score (nSPS) is 18.1. The molecule has 3 rings (SSSR count). The van der Waals surface area contributed by atoms with E-state index in [2.05, 4.69) is 15.2 Å². The molecule has 0 radical (unpaired) electrons. The molecule has 2 aromatic rings. The van der Waals surface area contributed by atoms with Gasteiger partial charge in [0.25, 0.3) is 0 Å². The topological polar surface area (TPSA) is 71.2 Å². The van der Waals surface area contributed by atoms with Gasteiger partial charge in [-0.15, -0.1) is 24.8 Å². The SMILES string of the molecule is Cl.Cl.NCC1CCCC1NC(=O)CN(Cc1cccnc1)c1ccccc1. The minimum Gasteiger partial charge on any atom is -0.358 e. The van der Waals surface area contributed by atoms with Crippen molar-refractivity contribution >= 4 is 36.4 Å². The van der Waals surface area contributed by atoms with Crippen LogP contribution in [0, 0.1) is 5.92 Å². The number of aromatic nitrogens is 1. The number of nitrogens with one attached hydrogen (secondary N) is 1. The zero-order chi connectivity index (χ0) is 17.5. The fourth-order valence-corrected chi connectivity index (χ4v) is 3.52. The standard InChI is InChI=1S/C20H26N4O.2ClH/c21-12-17-7-4-10-19(17)23-20(25)15-24(18-8-2-1-3-9-18)14-16-6-5-11-22-13-16;;/h1-3,5-6,8-9,11,13,17,19H,4,7,10,12,14-15,21H2,(H,23,25);2*1H. The molecule has 1 saturated carbocycles. The molecule has 0 saturated heterocycles. The fourth-order valence-electron chi connectivity index (χ4n) is 3.52. The summed E-state index contributed by atoms with van der Waals surface area (Å²) in [5.41, 5.74) is 7.94. The number of rotatable bonds is 7. The van der Waals surface area contributed by atoms with Gasteiger partial charge in [0.1, 0.15) is 0 Å². The van der Waals surface area contributed by atoms with Crippen molar-refractivity contribution in [3.63, 3.8) is 0 Å². The molecule has 1 amide bonds. The summed E-state index contributed by atoms with van der Waals surface area (Å²) in [6, 6.07) is 14.2. The van der Waals surface area contributed by atoms with Crippen molar-refractivity contribution in [3.05, 3.63) is 60.4 Å². The number of benzene rings is 1. The Morgan fingerprint density at radius 1 is 1.15 bits per heavy atom. The number of pyridine rings is 1. The molecule has 1 aliphatic carbocycles. The van der Waals surface area contributed by atoms with Crippen LogP contribution in [0.1, 0.15) is 24.8 Å². The molecule has 5 nitrogen and oxygen atoms in total. The Labute approximate surface area is 173 Å². The lowest BCUT2D eigenvalue weighted by molar-refractivity contribution is -0.120. The highest BCUT2D eigenvalue weighted by molar-refractivity contribution is 5.85. The quantitative estimate of drug-likeness (QED) is 0.734. The van der Waals surface area contributed by atoms with Crippen molar-refractivity contribution < 1.29 is 4.79 Å². The van der Waals surface area contributed by atoms with Crippen LogP contribution in [0.15, 0.2) is 54.9 Å². The van der Waals surface area contributed by atoms with Crippen LogP contribution in [0.5, 0.6) is 0 Å². The summed E-state index contributed by atoms with van der Waals surface area (Å²) in [6.45, 7) is 1.62. The molecule has 0 aliphatic heterocycles. The van der Waals surface area contributed by atoms with E-state index in [0.717, 1.165) is 30.5 Å². The van der Waals surface area contributed by atoms with Crippen LogP contribution in [0.4, 0.5) is 5.69 Å². The van der Waals surface area contributed by atoms with Gasteiger partial charge < -0.3 is 16.0 Å². The molecule has 2 unspecified atom stereocenters. The smallest absolute Gasteiger partial charge is 0.239 e. The Balaban J connectivity index is 0.00000182. The number of para-hydroxylation sites is 1. The van der Waals surface area contributed by atoms with Crippen LogP contribution in [0.2, 0.25) is 0 Å². The number of hydrogen-bond acceptors (Lipinski definition) is 4. The highest BCUT2D eigenvalue weighted by atomic mass is 35.5. The number of hydrogen-bond donors (Lipinski definition) is 2. The van der Waals surface area contributed by atoms with Crippen LogP contribution in [0.3, 0.4) is 0 Å². The van der Waals surface area contributed by atoms with E-state index in [0.29, 0.717) is 25.6 Å². The number of amides is 1. The second-order valence-corrected chi connectivity index (χ2v) is 6.65. The number of carbonyl (C=O) groups is 1. The molecule has 3 N–H and O–H groups in total. The van der Waals surface area contributed by atoms with E-state index in [1.807, 2.05) is 48.7 Å². The van der Waals surface area contributed by atoms with Gasteiger partial charge in [0.15, 0.2) is 0 Å². The van der Waals surface area contributed by atoms with Crippen molar-refractivity contribution in [2.75, 3.05) is 18.0 Å². The summed E-state index contributed by atoms with van der Waals surface area (Å²) < 4.78 is 0. The van der Waals surface area contributed by atoms with Crippen LogP contribution in [-0.2, 0) is 11.3 Å². The van der Waals surface area contributed by atoms with E-state index in [1.54, 1.807) is 6.20 Å². The molecule has 27 heavy (non-hydrogen) atoms. The summed E-state index contributed by atoms with van der Waals surface area (Å²) >= 11 is 0. The van der Waals surface area contributed by atoms with Gasteiger partial charge in [0, 0.05) is 30.7 Å². The van der Waals surface area contributed by atoms with E-state index in [9.17, 15) is 4.79 Å². The first-order valence-corrected chi connectivity index (χ1v) is 8.94. The Morgan fingerprint density at radius 3 is 2.59 bits per heavy atom. The first-order valence-electron chi connectivity index (χ1n) is 8.94. The van der Waals surface area contributed by atoms with Crippen LogP contribution >= 0.6 is 24.8 Å². The predicted molar refractivity (Wildman–Crippen MR) is 115 cm³/mol. The second kappa shape index (κ2) is 11.8. The monoisotopic (exact) mass is 410 g/mol. The lowest BCUT2D eigenvalue weighted by Gasteiger charge is -2.26. The van der Waals surface area contributed by atoms with Crippen molar-refractivity contribution in [2.45, 2.75) is 31.8 Å². The van der Waals surface area contributed by atoms with Crippen LogP contribution < -0.4 is 16.0 Å². The maximum absolute atomic E-state index is 12.6. The van der Waals surface area contributed by atoms with E-state index in [-0.39, 0.29) is 36.8 Å². The molecular weight excluding hydrogens is 383 g/mol. The first-order chi connectivity index (χ1) is 12.3. The third-order valence-corrected chi connectivity index (χ3v) is 4.86. The molecular formula is C20H28Cl2N4O. The molecule has 1 aromatic carbocycles. The van der Waals surface area contributed by atoms with Crippen molar-refractivity contribution in [1.82, 2.24) is 10.3 Å². The lowest BCUT2D eigenvalue weighted by atomic mass is 10.0. The number of nitrogens with zero attached hydrogens (tertiary/aromatic N) is 2. The molecule has 148 valence electrons. The Bertz CT molecular complexity index is 672. The summed E-state index contributed by atoms with van der Waals surface area (Å²) in [5, 5.41) is 3.19. The molecule has 0 spiro atoms. The van der Waals surface area contributed by atoms with Crippen molar-refractivity contribution in [3.8, 4) is 0 Å². The minimum absolute atomic E-state index is 0. The van der Waals surface area contributed by atoms with Gasteiger partial charge in [-0.05, 0) is 49.1 Å². The number of anilines is 1. The Morgan fingerprint density at radius 2 is 1.93 bits per heavy atom. The van der Waals surface area contributed by atoms with Gasteiger partial charge in [0.05, 0.1) is 6.54 Å². The number of halogens is 2. The van der Waals surface area contributed by atoms with Gasteiger partial charge in [0.2, 0.25) is 5.91 Å². The highest BCUT2D eigenvalue weighted by Crippen LogP contribution is 2.24. The van der Waals surface area contributed by atoms with Gasteiger partial charge in [-0.25, -0.2) is 0 Å². The first kappa shape index (κ1) is 23.2. The minimum atomic E-state index is 0. The number of carbonyl (C=O) groups excluding carboxylic acids is 1. The van der Waals surface area contributed by atoms with E-state index in [1.165, 1.54) is 0 Å². The van der Waals surface area contributed by atoms with Gasteiger partial charge in [-0.2, -0.15) is 0 Å². The highest BCUT2D eigenvalue weighted by Gasteiger charge is 2.27. The van der Waals surface area contributed by atoms with E-state index >= 15 is 0 Å². The van der Waals surface area contributed by atoms with Crippen LogP contribution in [0.25, 0.3) is 0 Å². The largest absolute Gasteiger partial charge is 0.358 e. The Kier molecular flexibility index (Phi) is 10.1. The van der Waals surface area contributed by atoms with Crippen molar-refractivity contribution in [1.29, 1.82) is 0 Å². The molecule has 0 bridgehead atoms. The Hall–Kier alpha value is -1.82. The molecule has 2 atom stereocenters. The van der Waals surface area contributed by atoms with Gasteiger partial charge >= 0.3 is 0 Å². The van der Waals surface area contributed by atoms with Crippen LogP contribution in [-0.4, -0.2) is 30.0 Å². The molecule has 1 aliphatic rings. The van der Waals surface area contributed by atoms with E-state index < -0.39 is 0 Å². The summed E-state index contributed by atoms with van der Waals surface area (Å²) in [6.07, 6.45) is 6.89. The fraction of sp³-hybridized carbons (Fsp3) is 0.400. The average molecular weight is 411 g/mol. The van der Waals surface area contributed by atoms with Gasteiger partial charge in [-0.1, -0.05) is 30.7 Å². The van der Waals surface area contributed by atoms with Crippen molar-refractivity contribution in [2.24, 2.45) is 11.7 Å². The summed E-state index contributed by atoms with van der Waals surface area (Å²) in [4.78, 5) is 18.9. The summed E-state index contributed by atoms with van der Waals surface area (Å²) in [7, 11) is 0. The zero-order valence-corrected chi connectivity index (χ0v) is 16.9. The maximum atomic E-state index is 12.6.